The zero-order chi connectivity index (χ0) is 32.5. The number of halogens is 3. The van der Waals surface area contributed by atoms with E-state index in [1.54, 1.807) is 60.7 Å². The third-order valence-electron chi connectivity index (χ3n) is 5.86. The summed E-state index contributed by atoms with van der Waals surface area (Å²) >= 11 is 17.5. The van der Waals surface area contributed by atoms with Gasteiger partial charge < -0.3 is 26.4 Å². The van der Waals surface area contributed by atoms with Crippen molar-refractivity contribution in [3.05, 3.63) is 86.9 Å². The third-order valence-corrected chi connectivity index (χ3v) is 6.96. The van der Waals surface area contributed by atoms with Gasteiger partial charge in [0, 0.05) is 39.5 Å². The highest BCUT2D eigenvalue weighted by molar-refractivity contribution is 6.32. The van der Waals surface area contributed by atoms with Crippen LogP contribution in [0.25, 0.3) is 0 Å². The normalized spacial score (nSPS) is 10.0. The van der Waals surface area contributed by atoms with Gasteiger partial charge >= 0.3 is 0 Å². The minimum absolute atomic E-state index is 0.00148. The summed E-state index contributed by atoms with van der Waals surface area (Å²) in [6.45, 7) is 4.99. The molecule has 11 nitrogen and oxygen atoms in total. The minimum atomic E-state index is -0.00148. The van der Waals surface area contributed by atoms with Gasteiger partial charge in [-0.25, -0.2) is 0 Å². The molecule has 0 aromatic heterocycles. The van der Waals surface area contributed by atoms with Gasteiger partial charge in [0.05, 0.1) is 0 Å². The SMILES string of the molecule is Cc1cc(O)cc(C)c1Cl.N=C(NCCCCCCNC(=N)NC(=N)Nc1ccc(Cl)cc1)NC(=N)Nc1ccc(Cl)cc1. The monoisotopic (exact) mass is 660 g/mol. The van der Waals surface area contributed by atoms with Gasteiger partial charge in [0.2, 0.25) is 0 Å². The van der Waals surface area contributed by atoms with E-state index in [0.29, 0.717) is 34.5 Å². The molecule has 0 spiro atoms. The average Bonchev–Trinajstić information content (AvgIpc) is 2.95. The number of hydrogen-bond acceptors (Lipinski definition) is 5. The van der Waals surface area contributed by atoms with Crippen LogP contribution in [0.2, 0.25) is 15.1 Å². The summed E-state index contributed by atoms with van der Waals surface area (Å²) in [5.41, 5.74) is 3.25. The number of hydrogen-bond donors (Lipinski definition) is 11. The molecule has 3 aromatic rings. The number of anilines is 2. The van der Waals surface area contributed by atoms with Gasteiger partial charge in [0.15, 0.2) is 23.8 Å². The predicted molar refractivity (Wildman–Crippen MR) is 184 cm³/mol. The number of benzene rings is 3. The highest BCUT2D eigenvalue weighted by Gasteiger charge is 2.03. The van der Waals surface area contributed by atoms with Crippen molar-refractivity contribution in [3.8, 4) is 5.75 Å². The molecule has 0 aliphatic rings. The van der Waals surface area contributed by atoms with E-state index in [4.69, 9.17) is 61.5 Å². The Labute approximate surface area is 273 Å². The second-order valence-corrected chi connectivity index (χ2v) is 10.9. The second kappa shape index (κ2) is 19.2. The van der Waals surface area contributed by atoms with Crippen molar-refractivity contribution < 1.29 is 5.11 Å². The number of guanidine groups is 4. The number of phenolic OH excluding ortho intramolecular Hbond substituents is 1. The molecule has 0 saturated heterocycles. The van der Waals surface area contributed by atoms with Crippen LogP contribution in [0, 0.1) is 35.5 Å². The quantitative estimate of drug-likeness (QED) is 0.0673. The molecule has 0 aliphatic heterocycles. The summed E-state index contributed by atoms with van der Waals surface area (Å²) < 4.78 is 0. The molecule has 0 fully saturated rings. The predicted octanol–water partition coefficient (Wildman–Crippen LogP) is 6.84. The summed E-state index contributed by atoms with van der Waals surface area (Å²) in [4.78, 5) is 0. The zero-order valence-electron chi connectivity index (χ0n) is 24.6. The fourth-order valence-corrected chi connectivity index (χ4v) is 4.07. The Balaban J connectivity index is 0.000000569. The lowest BCUT2D eigenvalue weighted by Gasteiger charge is -2.13. The second-order valence-electron chi connectivity index (χ2n) is 9.68. The van der Waals surface area contributed by atoms with Crippen molar-refractivity contribution in [2.24, 2.45) is 0 Å². The van der Waals surface area contributed by atoms with E-state index < -0.39 is 0 Å². The molecule has 0 heterocycles. The first kappa shape index (κ1) is 36.0. The van der Waals surface area contributed by atoms with Crippen LogP contribution in [0.1, 0.15) is 36.8 Å². The van der Waals surface area contributed by atoms with Crippen molar-refractivity contribution in [3.63, 3.8) is 0 Å². The Morgan fingerprint density at radius 3 is 1.32 bits per heavy atom. The van der Waals surface area contributed by atoms with Crippen LogP contribution in [0.4, 0.5) is 11.4 Å². The third kappa shape index (κ3) is 14.8. The summed E-state index contributed by atoms with van der Waals surface area (Å²) in [5.74, 6) is 0.390. The van der Waals surface area contributed by atoms with Crippen LogP contribution >= 0.6 is 34.8 Å². The van der Waals surface area contributed by atoms with Crippen molar-refractivity contribution in [1.82, 2.24) is 21.3 Å². The molecule has 0 atom stereocenters. The Bertz CT molecular complexity index is 1300. The molecule has 0 aliphatic carbocycles. The van der Waals surface area contributed by atoms with E-state index in [1.807, 2.05) is 13.8 Å². The van der Waals surface area contributed by atoms with E-state index in [0.717, 1.165) is 41.8 Å². The Morgan fingerprint density at radius 2 is 0.955 bits per heavy atom. The largest absolute Gasteiger partial charge is 0.508 e. The molecule has 0 unspecified atom stereocenters. The zero-order valence-corrected chi connectivity index (χ0v) is 26.9. The maximum atomic E-state index is 9.06. The number of phenols is 1. The van der Waals surface area contributed by atoms with Gasteiger partial charge in [0.1, 0.15) is 5.75 Å². The summed E-state index contributed by atoms with van der Waals surface area (Å²) in [6.07, 6.45) is 3.70. The van der Waals surface area contributed by atoms with Gasteiger partial charge in [-0.2, -0.15) is 0 Å². The lowest BCUT2D eigenvalue weighted by atomic mass is 10.1. The van der Waals surface area contributed by atoms with Crippen molar-refractivity contribution in [2.75, 3.05) is 23.7 Å². The van der Waals surface area contributed by atoms with Crippen molar-refractivity contribution in [2.45, 2.75) is 39.5 Å². The topological polar surface area (TPSA) is 188 Å². The number of aromatic hydroxyl groups is 1. The van der Waals surface area contributed by atoms with E-state index in [9.17, 15) is 0 Å². The highest BCUT2D eigenvalue weighted by atomic mass is 35.5. The molecule has 3 aromatic carbocycles. The molecule has 0 saturated carbocycles. The number of unbranched alkanes of at least 4 members (excludes halogenated alkanes) is 3. The van der Waals surface area contributed by atoms with Crippen LogP contribution in [0.15, 0.2) is 60.7 Å². The smallest absolute Gasteiger partial charge is 0.199 e. The molecule has 14 heteroatoms. The first-order valence-corrected chi connectivity index (χ1v) is 14.9. The van der Waals surface area contributed by atoms with Crippen molar-refractivity contribution >= 4 is 70.0 Å². The summed E-state index contributed by atoms with van der Waals surface area (Å²) in [5, 5.41) is 59.3. The fraction of sp³-hybridized carbons (Fsp3) is 0.267. The molecule has 0 radical (unpaired) electrons. The standard InChI is InChI=1S/C22H30Cl2N10.C8H9ClO/c23-15-5-9-17(10-6-15)31-21(27)33-19(25)29-13-3-1-2-4-14-30-20(26)34-22(28)32-18-11-7-16(24)8-12-18;1-5-3-7(10)4-6(2)8(5)9/h5-12H,1-4,13-14H2,(H5,25,27,29,31,33)(H5,26,28,30,32,34);3-4,10H,1-2H3. The molecule has 0 amide bonds. The van der Waals surface area contributed by atoms with E-state index in [-0.39, 0.29) is 29.6 Å². The number of nitrogens with one attached hydrogen (secondary N) is 10. The van der Waals surface area contributed by atoms with Gasteiger partial charge in [-0.1, -0.05) is 47.6 Å². The number of rotatable bonds is 9. The van der Waals surface area contributed by atoms with Crippen LogP contribution in [-0.2, 0) is 0 Å². The molecular formula is C30H39Cl3N10O. The van der Waals surface area contributed by atoms with E-state index in [2.05, 4.69) is 31.9 Å². The maximum Gasteiger partial charge on any atom is 0.199 e. The lowest BCUT2D eigenvalue weighted by molar-refractivity contribution is 0.474. The Kier molecular flexibility index (Phi) is 15.7. The van der Waals surface area contributed by atoms with Crippen LogP contribution in [-0.4, -0.2) is 42.0 Å². The molecule has 3 rings (SSSR count). The Hall–Kier alpha value is -4.19. The van der Waals surface area contributed by atoms with Gasteiger partial charge in [-0.15, -0.1) is 0 Å². The first-order chi connectivity index (χ1) is 20.9. The van der Waals surface area contributed by atoms with Gasteiger partial charge in [-0.05, 0) is 98.5 Å². The lowest BCUT2D eigenvalue weighted by Crippen LogP contribution is -2.43. The Morgan fingerprint density at radius 1 is 0.591 bits per heavy atom. The summed E-state index contributed by atoms with van der Waals surface area (Å²) in [7, 11) is 0. The van der Waals surface area contributed by atoms with E-state index in [1.165, 1.54) is 0 Å². The van der Waals surface area contributed by atoms with E-state index >= 15 is 0 Å². The average molecular weight is 662 g/mol. The van der Waals surface area contributed by atoms with Gasteiger partial charge in [0.25, 0.3) is 0 Å². The maximum absolute atomic E-state index is 9.06. The van der Waals surface area contributed by atoms with Crippen LogP contribution < -0.4 is 31.9 Å². The molecule has 236 valence electrons. The fourth-order valence-electron chi connectivity index (χ4n) is 3.71. The molecule has 0 bridgehead atoms. The molecular weight excluding hydrogens is 623 g/mol. The number of aryl methyl sites for hydroxylation is 2. The molecule has 44 heavy (non-hydrogen) atoms. The van der Waals surface area contributed by atoms with Crippen LogP contribution in [0.3, 0.4) is 0 Å². The van der Waals surface area contributed by atoms with Gasteiger partial charge in [-0.3, -0.25) is 32.3 Å². The molecule has 11 N–H and O–H groups in total. The highest BCUT2D eigenvalue weighted by Crippen LogP contribution is 2.24. The summed E-state index contributed by atoms with van der Waals surface area (Å²) in [6, 6.07) is 17.2. The van der Waals surface area contributed by atoms with Crippen LogP contribution in [0.5, 0.6) is 5.75 Å². The minimum Gasteiger partial charge on any atom is -0.508 e. The van der Waals surface area contributed by atoms with Crippen molar-refractivity contribution in [1.29, 1.82) is 21.6 Å². The first-order valence-electron chi connectivity index (χ1n) is 13.8.